The lowest BCUT2D eigenvalue weighted by molar-refractivity contribution is 0.0197. The molecule has 4 atom stereocenters. The van der Waals surface area contributed by atoms with Crippen molar-refractivity contribution >= 4 is 0 Å². The molecular formula is C29H24O8. The summed E-state index contributed by atoms with van der Waals surface area (Å²) in [5.74, 6) is -0.0674. The maximum atomic E-state index is 11.5. The third-order valence-electron chi connectivity index (χ3n) is 6.98. The molecule has 0 spiro atoms. The van der Waals surface area contributed by atoms with Gasteiger partial charge in [-0.1, -0.05) is 24.3 Å². The molecule has 6 rings (SSSR count). The molecule has 2 aliphatic heterocycles. The largest absolute Gasteiger partial charge is 0.508 e. The van der Waals surface area contributed by atoms with Crippen LogP contribution in [0.4, 0.5) is 0 Å². The first-order valence-electron chi connectivity index (χ1n) is 11.8. The van der Waals surface area contributed by atoms with E-state index in [1.54, 1.807) is 30.3 Å². The minimum absolute atomic E-state index is 0.0896. The second-order valence-corrected chi connectivity index (χ2v) is 9.41. The molecule has 0 saturated heterocycles. The zero-order valence-corrected chi connectivity index (χ0v) is 19.4. The molecule has 2 unspecified atom stereocenters. The fourth-order valence-corrected chi connectivity index (χ4v) is 5.29. The van der Waals surface area contributed by atoms with Gasteiger partial charge in [-0.05, 0) is 53.1 Å². The van der Waals surface area contributed by atoms with Gasteiger partial charge in [0, 0.05) is 29.7 Å². The van der Waals surface area contributed by atoms with Crippen LogP contribution >= 0.6 is 0 Å². The molecule has 8 heteroatoms. The van der Waals surface area contributed by atoms with E-state index in [9.17, 15) is 30.6 Å². The Bertz CT molecular complexity index is 1460. The van der Waals surface area contributed by atoms with Gasteiger partial charge < -0.3 is 40.1 Å². The monoisotopic (exact) mass is 500 g/mol. The van der Waals surface area contributed by atoms with Crippen molar-refractivity contribution in [1.82, 2.24) is 0 Å². The maximum absolute atomic E-state index is 11.5. The average molecular weight is 501 g/mol. The van der Waals surface area contributed by atoms with E-state index in [0.717, 1.165) is 0 Å². The Morgan fingerprint density at radius 3 is 1.70 bits per heavy atom. The van der Waals surface area contributed by atoms with Crippen LogP contribution in [0.2, 0.25) is 0 Å². The summed E-state index contributed by atoms with van der Waals surface area (Å²) in [4.78, 5) is 0. The van der Waals surface area contributed by atoms with Crippen molar-refractivity contribution in [2.75, 3.05) is 0 Å². The first kappa shape index (κ1) is 22.9. The summed E-state index contributed by atoms with van der Waals surface area (Å²) in [7, 11) is 0. The minimum atomic E-state index is -0.959. The molecule has 0 fully saturated rings. The van der Waals surface area contributed by atoms with Crippen molar-refractivity contribution < 1.29 is 40.1 Å². The summed E-state index contributed by atoms with van der Waals surface area (Å²) in [6.07, 6.45) is -2.20. The summed E-state index contributed by atoms with van der Waals surface area (Å²) in [5, 5.41) is 62.1. The third-order valence-corrected chi connectivity index (χ3v) is 6.98. The van der Waals surface area contributed by atoms with Crippen LogP contribution in [-0.2, 0) is 6.42 Å². The van der Waals surface area contributed by atoms with E-state index in [0.29, 0.717) is 39.3 Å². The Balaban J connectivity index is 1.47. The zero-order valence-electron chi connectivity index (χ0n) is 19.4. The quantitative estimate of drug-likeness (QED) is 0.241. The molecule has 0 saturated carbocycles. The molecule has 0 amide bonds. The van der Waals surface area contributed by atoms with Gasteiger partial charge in [0.15, 0.2) is 0 Å². The van der Waals surface area contributed by atoms with Crippen molar-refractivity contribution in [3.8, 4) is 40.2 Å². The van der Waals surface area contributed by atoms with E-state index < -0.39 is 24.2 Å². The number of aliphatic hydroxyl groups is 1. The Hall–Kier alpha value is -4.56. The van der Waals surface area contributed by atoms with Crippen molar-refractivity contribution in [3.63, 3.8) is 0 Å². The lowest BCUT2D eigenvalue weighted by atomic mass is 9.82. The van der Waals surface area contributed by atoms with Gasteiger partial charge >= 0.3 is 0 Å². The number of hydrogen-bond acceptors (Lipinski definition) is 8. The lowest BCUT2D eigenvalue weighted by Crippen LogP contribution is -2.30. The van der Waals surface area contributed by atoms with Gasteiger partial charge in [0.1, 0.15) is 52.5 Å². The summed E-state index contributed by atoms with van der Waals surface area (Å²) in [6.45, 7) is 0. The van der Waals surface area contributed by atoms with Gasteiger partial charge in [-0.25, -0.2) is 0 Å². The van der Waals surface area contributed by atoms with Crippen molar-refractivity contribution in [3.05, 3.63) is 101 Å². The highest BCUT2D eigenvalue weighted by atomic mass is 16.5. The number of phenolic OH excluding ortho intramolecular Hbond substituents is 5. The van der Waals surface area contributed by atoms with Gasteiger partial charge in [0.05, 0.1) is 12.0 Å². The van der Waals surface area contributed by atoms with Crippen molar-refractivity contribution in [2.24, 2.45) is 0 Å². The topological polar surface area (TPSA) is 140 Å². The number of aromatic hydroxyl groups is 5. The molecule has 2 heterocycles. The smallest absolute Gasteiger partial charge is 0.150 e. The van der Waals surface area contributed by atoms with Gasteiger partial charge in [-0.3, -0.25) is 0 Å². The molecule has 188 valence electrons. The van der Waals surface area contributed by atoms with E-state index in [4.69, 9.17) is 9.47 Å². The zero-order chi connectivity index (χ0) is 25.8. The maximum Gasteiger partial charge on any atom is 0.150 e. The summed E-state index contributed by atoms with van der Waals surface area (Å²) >= 11 is 0. The summed E-state index contributed by atoms with van der Waals surface area (Å²) in [5.41, 5.74) is 2.77. The fraction of sp³-hybridized carbons (Fsp3) is 0.172. The van der Waals surface area contributed by atoms with Crippen LogP contribution in [0.1, 0.15) is 45.9 Å². The number of ether oxygens (including phenoxy) is 2. The molecule has 0 radical (unpaired) electrons. The van der Waals surface area contributed by atoms with E-state index in [1.165, 1.54) is 42.5 Å². The van der Waals surface area contributed by atoms with Crippen LogP contribution in [0.3, 0.4) is 0 Å². The lowest BCUT2D eigenvalue weighted by Gasteiger charge is -2.32. The molecular weight excluding hydrogens is 476 g/mol. The molecule has 6 N–H and O–H groups in total. The van der Waals surface area contributed by atoms with E-state index in [-0.39, 0.29) is 35.2 Å². The minimum Gasteiger partial charge on any atom is -0.508 e. The van der Waals surface area contributed by atoms with Crippen LogP contribution < -0.4 is 9.47 Å². The number of hydrogen-bond donors (Lipinski definition) is 6. The Labute approximate surface area is 211 Å². The number of fused-ring (bicyclic) bond motifs is 2. The predicted octanol–water partition coefficient (Wildman–Crippen LogP) is 4.52. The molecule has 8 nitrogen and oxygen atoms in total. The molecule has 2 aliphatic rings. The highest BCUT2D eigenvalue weighted by molar-refractivity contribution is 5.64. The normalized spacial score (nSPS) is 22.0. The summed E-state index contributed by atoms with van der Waals surface area (Å²) < 4.78 is 12.5. The highest BCUT2D eigenvalue weighted by Crippen LogP contribution is 2.57. The standard InChI is InChI=1S/C29H24O8/c30-17-5-1-14(2-6-17)28-22(34)12-21-23(36-28)13-24-26(27(21)35)25(16-9-19(32)11-20(33)10-16)29(37-24)15-3-7-18(31)8-4-15/h1-11,13,22,25,28-35H,12H2/t22-,25?,28+,29?/m0/s1. The van der Waals surface area contributed by atoms with Crippen LogP contribution in [0.15, 0.2) is 72.8 Å². The van der Waals surface area contributed by atoms with Gasteiger partial charge in [-0.2, -0.15) is 0 Å². The number of benzene rings is 4. The Kier molecular flexibility index (Phi) is 5.27. The third kappa shape index (κ3) is 3.91. The Morgan fingerprint density at radius 2 is 1.11 bits per heavy atom. The number of aliphatic hydroxyl groups excluding tert-OH is 1. The SMILES string of the molecule is Oc1ccc(C2Oc3cc4c(c(O)c3C2c2cc(O)cc(O)c2)C[C@H](O)[C@@H](c2ccc(O)cc2)O4)cc1. The molecule has 0 aliphatic carbocycles. The fourth-order valence-electron chi connectivity index (χ4n) is 5.29. The molecule has 4 aromatic rings. The molecule has 0 aromatic heterocycles. The summed E-state index contributed by atoms with van der Waals surface area (Å²) in [6, 6.07) is 18.8. The molecule has 37 heavy (non-hydrogen) atoms. The second-order valence-electron chi connectivity index (χ2n) is 9.41. The molecule has 0 bridgehead atoms. The van der Waals surface area contributed by atoms with Gasteiger partial charge in [0.25, 0.3) is 0 Å². The second kappa shape index (κ2) is 8.53. The van der Waals surface area contributed by atoms with Crippen molar-refractivity contribution in [1.29, 1.82) is 0 Å². The van der Waals surface area contributed by atoms with Gasteiger partial charge in [0.2, 0.25) is 0 Å². The van der Waals surface area contributed by atoms with Crippen LogP contribution in [0, 0.1) is 0 Å². The van der Waals surface area contributed by atoms with Crippen LogP contribution in [-0.4, -0.2) is 36.7 Å². The first-order valence-corrected chi connectivity index (χ1v) is 11.8. The predicted molar refractivity (Wildman–Crippen MR) is 132 cm³/mol. The van der Waals surface area contributed by atoms with Gasteiger partial charge in [-0.15, -0.1) is 0 Å². The average Bonchev–Trinajstić information content (AvgIpc) is 3.24. The molecule has 4 aromatic carbocycles. The van der Waals surface area contributed by atoms with E-state index in [2.05, 4.69) is 0 Å². The first-order chi connectivity index (χ1) is 17.8. The van der Waals surface area contributed by atoms with Crippen LogP contribution in [0.25, 0.3) is 0 Å². The van der Waals surface area contributed by atoms with Crippen LogP contribution in [0.5, 0.6) is 40.2 Å². The van der Waals surface area contributed by atoms with E-state index >= 15 is 0 Å². The highest BCUT2D eigenvalue weighted by Gasteiger charge is 2.43. The number of phenols is 5. The number of rotatable bonds is 3. The Morgan fingerprint density at radius 1 is 0.568 bits per heavy atom. The van der Waals surface area contributed by atoms with E-state index in [1.807, 2.05) is 0 Å². The van der Waals surface area contributed by atoms with Crippen molar-refractivity contribution in [2.45, 2.75) is 30.7 Å².